The molecule has 2 rings (SSSR count). The lowest BCUT2D eigenvalue weighted by Crippen LogP contribution is -2.31. The maximum absolute atomic E-state index is 13.3. The minimum absolute atomic E-state index is 0.0108. The highest BCUT2D eigenvalue weighted by atomic mass is 32.2. The molecule has 0 atom stereocenters. The topological polar surface area (TPSA) is 84.0 Å². The van der Waals surface area contributed by atoms with Crippen LogP contribution in [-0.2, 0) is 26.1 Å². The zero-order valence-electron chi connectivity index (χ0n) is 18.1. The van der Waals surface area contributed by atoms with Gasteiger partial charge in [-0.3, -0.25) is 4.79 Å². The second-order valence-electron chi connectivity index (χ2n) is 7.02. The van der Waals surface area contributed by atoms with Crippen molar-refractivity contribution in [2.24, 2.45) is 0 Å². The zero-order chi connectivity index (χ0) is 23.2. The van der Waals surface area contributed by atoms with Crippen LogP contribution in [0, 0.1) is 12.7 Å². The van der Waals surface area contributed by atoms with E-state index in [1.54, 1.807) is 32.9 Å². The summed E-state index contributed by atoms with van der Waals surface area (Å²) in [4.78, 5) is 26.1. The van der Waals surface area contributed by atoms with Crippen molar-refractivity contribution in [1.82, 2.24) is 9.21 Å². The van der Waals surface area contributed by atoms with Gasteiger partial charge in [0.2, 0.25) is 10.0 Å². The van der Waals surface area contributed by atoms with Crippen molar-refractivity contribution in [3.63, 3.8) is 0 Å². The molecule has 0 aromatic heterocycles. The van der Waals surface area contributed by atoms with Crippen molar-refractivity contribution in [2.75, 3.05) is 26.7 Å². The van der Waals surface area contributed by atoms with E-state index in [4.69, 9.17) is 4.74 Å². The summed E-state index contributed by atoms with van der Waals surface area (Å²) in [5.41, 5.74) is 1.21. The minimum Gasteiger partial charge on any atom is -0.452 e. The normalized spacial score (nSPS) is 11.4. The van der Waals surface area contributed by atoms with Gasteiger partial charge in [-0.2, -0.15) is 4.31 Å². The molecule has 0 spiro atoms. The zero-order valence-corrected chi connectivity index (χ0v) is 18.9. The third-order valence-electron chi connectivity index (χ3n) is 4.83. The molecular weight excluding hydrogens is 423 g/mol. The van der Waals surface area contributed by atoms with Crippen LogP contribution in [0.2, 0.25) is 0 Å². The van der Waals surface area contributed by atoms with Crippen LogP contribution < -0.4 is 0 Å². The predicted octanol–water partition coefficient (Wildman–Crippen LogP) is 2.98. The van der Waals surface area contributed by atoms with Crippen LogP contribution in [-0.4, -0.2) is 56.2 Å². The molecule has 0 fully saturated rings. The summed E-state index contributed by atoms with van der Waals surface area (Å²) in [6.07, 6.45) is 0. The van der Waals surface area contributed by atoms with Gasteiger partial charge in [0.1, 0.15) is 5.82 Å². The maximum atomic E-state index is 13.3. The average Bonchev–Trinajstić information content (AvgIpc) is 2.72. The molecule has 0 bridgehead atoms. The summed E-state index contributed by atoms with van der Waals surface area (Å²) in [5.74, 6) is -1.66. The van der Waals surface area contributed by atoms with Gasteiger partial charge in [0, 0.05) is 26.7 Å². The summed E-state index contributed by atoms with van der Waals surface area (Å²) in [6, 6.07) is 10.1. The summed E-state index contributed by atoms with van der Waals surface area (Å²) < 4.78 is 45.1. The Labute approximate surface area is 182 Å². The number of carbonyl (C=O) groups excluding carboxylic acids is 2. The Hall–Kier alpha value is -2.78. The number of hydrogen-bond donors (Lipinski definition) is 0. The SMILES string of the molecule is CCN(CC)S(=O)(=O)c1ccc(C)c(C(=O)OCC(=O)N(C)Cc2cccc(F)c2)c1. The number of esters is 1. The molecule has 2 aromatic rings. The van der Waals surface area contributed by atoms with Crippen molar-refractivity contribution in [1.29, 1.82) is 0 Å². The first-order chi connectivity index (χ1) is 14.6. The van der Waals surface area contributed by atoms with E-state index >= 15 is 0 Å². The van der Waals surface area contributed by atoms with E-state index in [0.29, 0.717) is 24.2 Å². The Morgan fingerprint density at radius 2 is 1.74 bits per heavy atom. The molecule has 0 radical (unpaired) electrons. The minimum atomic E-state index is -3.74. The fourth-order valence-electron chi connectivity index (χ4n) is 3.01. The van der Waals surface area contributed by atoms with Gasteiger partial charge in [-0.05, 0) is 42.3 Å². The maximum Gasteiger partial charge on any atom is 0.338 e. The summed E-state index contributed by atoms with van der Waals surface area (Å²) in [5, 5.41) is 0. The third kappa shape index (κ3) is 6.11. The molecular formula is C22H27FN2O5S. The lowest BCUT2D eigenvalue weighted by atomic mass is 10.1. The molecule has 0 heterocycles. The number of nitrogens with zero attached hydrogens (tertiary/aromatic N) is 2. The van der Waals surface area contributed by atoms with Crippen molar-refractivity contribution in [3.8, 4) is 0 Å². The van der Waals surface area contributed by atoms with Crippen LogP contribution >= 0.6 is 0 Å². The Balaban J connectivity index is 2.09. The number of hydrogen-bond acceptors (Lipinski definition) is 5. The van der Waals surface area contributed by atoms with E-state index in [2.05, 4.69) is 0 Å². The molecule has 0 N–H and O–H groups in total. The molecule has 2 aromatic carbocycles. The van der Waals surface area contributed by atoms with Gasteiger partial charge in [-0.25, -0.2) is 17.6 Å². The Kier molecular flexibility index (Phi) is 8.29. The molecule has 0 aliphatic heterocycles. The van der Waals surface area contributed by atoms with Gasteiger partial charge < -0.3 is 9.64 Å². The Morgan fingerprint density at radius 3 is 2.35 bits per heavy atom. The smallest absolute Gasteiger partial charge is 0.338 e. The van der Waals surface area contributed by atoms with Crippen molar-refractivity contribution < 1.29 is 27.1 Å². The van der Waals surface area contributed by atoms with Crippen LogP contribution in [0.5, 0.6) is 0 Å². The molecule has 0 saturated heterocycles. The molecule has 0 saturated carbocycles. The number of likely N-dealkylation sites (N-methyl/N-ethyl adjacent to an activating group) is 1. The van der Waals surface area contributed by atoms with Gasteiger partial charge in [-0.15, -0.1) is 0 Å². The highest BCUT2D eigenvalue weighted by Gasteiger charge is 2.24. The second kappa shape index (κ2) is 10.5. The first-order valence-corrected chi connectivity index (χ1v) is 11.3. The molecule has 0 aliphatic carbocycles. The number of amides is 1. The first kappa shape index (κ1) is 24.5. The Bertz CT molecular complexity index is 1050. The third-order valence-corrected chi connectivity index (χ3v) is 6.88. The van der Waals surface area contributed by atoms with Crippen molar-refractivity contribution in [2.45, 2.75) is 32.2 Å². The number of sulfonamides is 1. The van der Waals surface area contributed by atoms with Gasteiger partial charge in [0.25, 0.3) is 5.91 Å². The fourth-order valence-corrected chi connectivity index (χ4v) is 4.49. The number of aryl methyl sites for hydroxylation is 1. The van der Waals surface area contributed by atoms with Crippen molar-refractivity contribution >= 4 is 21.9 Å². The van der Waals surface area contributed by atoms with Crippen LogP contribution in [0.4, 0.5) is 4.39 Å². The molecule has 168 valence electrons. The predicted molar refractivity (Wildman–Crippen MR) is 114 cm³/mol. The lowest BCUT2D eigenvalue weighted by Gasteiger charge is -2.19. The van der Waals surface area contributed by atoms with E-state index in [9.17, 15) is 22.4 Å². The standard InChI is InChI=1S/C22H27FN2O5S/c1-5-25(6-2)31(28,29)19-11-10-16(3)20(13-19)22(27)30-15-21(26)24(4)14-17-8-7-9-18(23)12-17/h7-13H,5-6,14-15H2,1-4H3. The van der Waals surface area contributed by atoms with Crippen LogP contribution in [0.15, 0.2) is 47.4 Å². The largest absolute Gasteiger partial charge is 0.452 e. The molecule has 0 aliphatic rings. The van der Waals surface area contributed by atoms with Gasteiger partial charge in [-0.1, -0.05) is 32.0 Å². The summed E-state index contributed by atoms with van der Waals surface area (Å²) >= 11 is 0. The number of benzene rings is 2. The highest BCUT2D eigenvalue weighted by Crippen LogP contribution is 2.20. The summed E-state index contributed by atoms with van der Waals surface area (Å²) in [6.45, 7) is 5.37. The van der Waals surface area contributed by atoms with Gasteiger partial charge >= 0.3 is 5.97 Å². The first-order valence-electron chi connectivity index (χ1n) is 9.86. The van der Waals surface area contributed by atoms with Gasteiger partial charge in [0.05, 0.1) is 10.5 Å². The number of rotatable bonds is 9. The van der Waals surface area contributed by atoms with E-state index in [1.165, 1.54) is 46.6 Å². The fraction of sp³-hybridized carbons (Fsp3) is 0.364. The van der Waals surface area contributed by atoms with Crippen LogP contribution in [0.3, 0.4) is 0 Å². The van der Waals surface area contributed by atoms with E-state index < -0.39 is 34.3 Å². The number of halogens is 1. The van der Waals surface area contributed by atoms with Crippen molar-refractivity contribution in [3.05, 3.63) is 65.0 Å². The molecule has 31 heavy (non-hydrogen) atoms. The van der Waals surface area contributed by atoms with E-state index in [-0.39, 0.29) is 17.0 Å². The van der Waals surface area contributed by atoms with E-state index in [0.717, 1.165) is 0 Å². The quantitative estimate of drug-likeness (QED) is 0.549. The number of ether oxygens (including phenoxy) is 1. The Morgan fingerprint density at radius 1 is 1.06 bits per heavy atom. The van der Waals surface area contributed by atoms with Crippen LogP contribution in [0.25, 0.3) is 0 Å². The highest BCUT2D eigenvalue weighted by molar-refractivity contribution is 7.89. The second-order valence-corrected chi connectivity index (χ2v) is 8.96. The average molecular weight is 451 g/mol. The van der Waals surface area contributed by atoms with Crippen LogP contribution in [0.1, 0.15) is 35.3 Å². The summed E-state index contributed by atoms with van der Waals surface area (Å²) in [7, 11) is -2.22. The van der Waals surface area contributed by atoms with E-state index in [1.807, 2.05) is 0 Å². The molecule has 0 unspecified atom stereocenters. The molecule has 9 heteroatoms. The lowest BCUT2D eigenvalue weighted by molar-refractivity contribution is -0.133. The molecule has 1 amide bonds. The monoisotopic (exact) mass is 450 g/mol. The molecule has 7 nitrogen and oxygen atoms in total. The van der Waals surface area contributed by atoms with Gasteiger partial charge in [0.15, 0.2) is 6.61 Å². The number of carbonyl (C=O) groups is 2.